The van der Waals surface area contributed by atoms with E-state index < -0.39 is 15.4 Å². The lowest BCUT2D eigenvalue weighted by atomic mass is 9.72. The molecule has 0 saturated carbocycles. The van der Waals surface area contributed by atoms with Crippen LogP contribution < -0.4 is 11.5 Å². The van der Waals surface area contributed by atoms with Crippen LogP contribution in [0.5, 0.6) is 0 Å². The van der Waals surface area contributed by atoms with Gasteiger partial charge in [0.05, 0.1) is 11.7 Å². The molecular weight excluding hydrogens is 304 g/mol. The van der Waals surface area contributed by atoms with Crippen LogP contribution in [0.4, 0.5) is 0 Å². The lowest BCUT2D eigenvalue weighted by Gasteiger charge is -2.40. The summed E-state index contributed by atoms with van der Waals surface area (Å²) < 4.78 is 25.8. The first-order valence-corrected chi connectivity index (χ1v) is 8.75. The van der Waals surface area contributed by atoms with Crippen LogP contribution in [0.2, 0.25) is 0 Å². The maximum Gasteiger partial charge on any atom is 0.253 e. The highest BCUT2D eigenvalue weighted by molar-refractivity contribution is 7.89. The van der Waals surface area contributed by atoms with Crippen LogP contribution in [-0.4, -0.2) is 44.5 Å². The highest BCUT2D eigenvalue weighted by Crippen LogP contribution is 2.35. The van der Waals surface area contributed by atoms with Gasteiger partial charge in [0.25, 0.3) is 10.0 Å². The summed E-state index contributed by atoms with van der Waals surface area (Å²) in [5.41, 5.74) is 11.5. The van der Waals surface area contributed by atoms with E-state index in [2.05, 4.69) is 4.40 Å². The van der Waals surface area contributed by atoms with Crippen molar-refractivity contribution in [1.29, 1.82) is 0 Å². The maximum atomic E-state index is 12.0. The third-order valence-electron chi connectivity index (χ3n) is 4.00. The van der Waals surface area contributed by atoms with Crippen molar-refractivity contribution in [1.82, 2.24) is 4.90 Å². The van der Waals surface area contributed by atoms with Crippen LogP contribution in [0.15, 0.2) is 34.7 Å². The van der Waals surface area contributed by atoms with Crippen molar-refractivity contribution < 1.29 is 13.2 Å². The van der Waals surface area contributed by atoms with Gasteiger partial charge in [0.2, 0.25) is 11.9 Å². The van der Waals surface area contributed by atoms with Gasteiger partial charge < -0.3 is 16.4 Å². The number of primary amides is 1. The number of nitrogens with zero attached hydrogens (tertiary/aromatic N) is 2. The van der Waals surface area contributed by atoms with Gasteiger partial charge in [-0.2, -0.15) is 0 Å². The first-order chi connectivity index (χ1) is 10.2. The number of nitrogens with two attached hydrogens (primary N) is 2. The number of piperidine rings is 1. The fourth-order valence-corrected chi connectivity index (χ4v) is 3.23. The Balaban J connectivity index is 2.22. The fraction of sp³-hybridized carbons (Fsp3) is 0.429. The Hall–Kier alpha value is -2.09. The Morgan fingerprint density at radius 3 is 2.18 bits per heavy atom. The topological polar surface area (TPSA) is 119 Å². The quantitative estimate of drug-likeness (QED) is 0.588. The van der Waals surface area contributed by atoms with Gasteiger partial charge in [0, 0.05) is 13.1 Å². The summed E-state index contributed by atoms with van der Waals surface area (Å²) in [5, 5.41) is 0. The van der Waals surface area contributed by atoms with Crippen LogP contribution >= 0.6 is 0 Å². The summed E-state index contributed by atoms with van der Waals surface area (Å²) in [6, 6.07) is 9.38. The normalized spacial score (nSPS) is 19.0. The van der Waals surface area contributed by atoms with Crippen molar-refractivity contribution in [2.45, 2.75) is 18.3 Å². The summed E-state index contributed by atoms with van der Waals surface area (Å²) in [7, 11) is -3.54. The zero-order chi connectivity index (χ0) is 16.4. The van der Waals surface area contributed by atoms with Crippen LogP contribution in [0.1, 0.15) is 18.4 Å². The molecule has 0 bridgehead atoms. The number of carbonyl (C=O) groups is 1. The molecule has 22 heavy (non-hydrogen) atoms. The van der Waals surface area contributed by atoms with Crippen LogP contribution in [0, 0.1) is 0 Å². The van der Waals surface area contributed by atoms with E-state index in [1.807, 2.05) is 30.3 Å². The summed E-state index contributed by atoms with van der Waals surface area (Å²) in [5.74, 6) is -0.425. The van der Waals surface area contributed by atoms with Crippen molar-refractivity contribution in [3.63, 3.8) is 0 Å². The molecule has 1 aromatic carbocycles. The van der Waals surface area contributed by atoms with Gasteiger partial charge in [0.15, 0.2) is 0 Å². The van der Waals surface area contributed by atoms with E-state index in [1.54, 1.807) is 4.90 Å². The van der Waals surface area contributed by atoms with Crippen molar-refractivity contribution >= 4 is 21.9 Å². The molecule has 7 nitrogen and oxygen atoms in total. The van der Waals surface area contributed by atoms with Crippen molar-refractivity contribution in [3.8, 4) is 0 Å². The fourth-order valence-electron chi connectivity index (χ4n) is 2.78. The van der Waals surface area contributed by atoms with Gasteiger partial charge in [-0.15, -0.1) is 4.40 Å². The van der Waals surface area contributed by atoms with E-state index in [4.69, 9.17) is 11.5 Å². The maximum absolute atomic E-state index is 12.0. The first-order valence-electron chi connectivity index (χ1n) is 6.90. The van der Waals surface area contributed by atoms with Crippen LogP contribution in [0.3, 0.4) is 0 Å². The smallest absolute Gasteiger partial charge is 0.253 e. The van der Waals surface area contributed by atoms with Crippen molar-refractivity contribution in [2.75, 3.05) is 19.3 Å². The van der Waals surface area contributed by atoms with Gasteiger partial charge in [-0.3, -0.25) is 4.79 Å². The molecule has 0 aliphatic carbocycles. The second-order valence-corrected chi connectivity index (χ2v) is 7.13. The van der Waals surface area contributed by atoms with Crippen molar-refractivity contribution in [3.05, 3.63) is 35.9 Å². The molecule has 1 amide bonds. The molecule has 8 heteroatoms. The molecule has 1 aliphatic rings. The van der Waals surface area contributed by atoms with Crippen LogP contribution in [0.25, 0.3) is 0 Å². The molecule has 0 radical (unpaired) electrons. The number of sulfonamides is 1. The summed E-state index contributed by atoms with van der Waals surface area (Å²) >= 11 is 0. The minimum Gasteiger partial charge on any atom is -0.369 e. The molecule has 1 aliphatic heterocycles. The second kappa shape index (κ2) is 5.96. The molecule has 2 rings (SSSR count). The molecule has 1 heterocycles. The van der Waals surface area contributed by atoms with E-state index in [0.717, 1.165) is 11.8 Å². The molecule has 0 unspecified atom stereocenters. The number of hydrogen-bond acceptors (Lipinski definition) is 3. The molecular formula is C14H20N4O3S. The number of carbonyl (C=O) groups excluding carboxylic acids is 1. The molecule has 0 aromatic heterocycles. The molecule has 1 aromatic rings. The molecule has 0 spiro atoms. The van der Waals surface area contributed by atoms with E-state index in [1.165, 1.54) is 0 Å². The van der Waals surface area contributed by atoms with Crippen LogP contribution in [-0.2, 0) is 20.2 Å². The Morgan fingerprint density at radius 2 is 1.73 bits per heavy atom. The number of benzene rings is 1. The lowest BCUT2D eigenvalue weighted by Crippen LogP contribution is -2.53. The Kier molecular flexibility index (Phi) is 4.41. The van der Waals surface area contributed by atoms with Gasteiger partial charge in [-0.25, -0.2) is 8.42 Å². The number of rotatable bonds is 3. The summed E-state index contributed by atoms with van der Waals surface area (Å²) in [6.45, 7) is 0.839. The van der Waals surface area contributed by atoms with Gasteiger partial charge in [-0.05, 0) is 18.4 Å². The molecule has 0 atom stereocenters. The average Bonchev–Trinajstić information content (AvgIpc) is 2.46. The number of hydrogen-bond donors (Lipinski definition) is 2. The summed E-state index contributed by atoms with van der Waals surface area (Å²) in [6.07, 6.45) is 1.92. The largest absolute Gasteiger partial charge is 0.369 e. The first kappa shape index (κ1) is 16.3. The number of likely N-dealkylation sites (tertiary alicyclic amines) is 1. The minimum atomic E-state index is -3.54. The van der Waals surface area contributed by atoms with Gasteiger partial charge >= 0.3 is 0 Å². The molecule has 4 N–H and O–H groups in total. The van der Waals surface area contributed by atoms with E-state index in [-0.39, 0.29) is 11.9 Å². The highest BCUT2D eigenvalue weighted by atomic mass is 32.2. The molecule has 1 fully saturated rings. The Bertz CT molecular complexity index is 677. The zero-order valence-corrected chi connectivity index (χ0v) is 13.2. The Morgan fingerprint density at radius 1 is 1.18 bits per heavy atom. The van der Waals surface area contributed by atoms with Gasteiger partial charge in [-0.1, -0.05) is 30.3 Å². The van der Waals surface area contributed by atoms with E-state index in [9.17, 15) is 13.2 Å². The summed E-state index contributed by atoms with van der Waals surface area (Å²) in [4.78, 5) is 13.7. The average molecular weight is 324 g/mol. The molecule has 1 saturated heterocycles. The lowest BCUT2D eigenvalue weighted by molar-refractivity contribution is -0.125. The Labute approximate surface area is 130 Å². The predicted molar refractivity (Wildman–Crippen MR) is 84.6 cm³/mol. The third kappa shape index (κ3) is 3.38. The third-order valence-corrected chi connectivity index (χ3v) is 4.52. The van der Waals surface area contributed by atoms with E-state index >= 15 is 0 Å². The zero-order valence-electron chi connectivity index (χ0n) is 12.4. The number of guanidine groups is 1. The monoisotopic (exact) mass is 324 g/mol. The van der Waals surface area contributed by atoms with Crippen molar-refractivity contribution in [2.24, 2.45) is 15.9 Å². The minimum absolute atomic E-state index is 0.0476. The van der Waals surface area contributed by atoms with E-state index in [0.29, 0.717) is 25.9 Å². The molecule has 120 valence electrons. The standard InChI is InChI=1S/C14H20N4O3S/c1-22(20,21)17-13(16)18-9-7-14(8-10-18,12(15)19)11-5-3-2-4-6-11/h2-6H,7-10H2,1H3,(H2,15,19)(H2,16,17). The second-order valence-electron chi connectivity index (χ2n) is 5.48. The SMILES string of the molecule is CS(=O)(=O)N=C(N)N1CCC(C(N)=O)(c2ccccc2)CC1. The van der Waals surface area contributed by atoms with Gasteiger partial charge in [0.1, 0.15) is 0 Å². The predicted octanol–water partition coefficient (Wildman–Crippen LogP) is -0.220. The number of amides is 1. The highest BCUT2D eigenvalue weighted by Gasteiger charge is 2.41.